The van der Waals surface area contributed by atoms with Gasteiger partial charge in [-0.1, -0.05) is 0 Å². The highest BCUT2D eigenvalue weighted by Gasteiger charge is 2.19. The van der Waals surface area contributed by atoms with Crippen LogP contribution in [0.1, 0.15) is 17.3 Å². The molecule has 0 heterocycles. The number of hydrogen-bond donors (Lipinski definition) is 2. The summed E-state index contributed by atoms with van der Waals surface area (Å²) in [5.74, 6) is -1.42. The van der Waals surface area contributed by atoms with E-state index < -0.39 is 11.7 Å². The highest BCUT2D eigenvalue weighted by atomic mass is 19.1. The molecule has 0 aliphatic rings. The van der Waals surface area contributed by atoms with Crippen LogP contribution in [0.5, 0.6) is 5.75 Å². The minimum atomic E-state index is -0.746. The van der Waals surface area contributed by atoms with E-state index in [1.54, 1.807) is 31.2 Å². The lowest BCUT2D eigenvalue weighted by Gasteiger charge is -2.21. The number of phenols is 1. The molecule has 0 fully saturated rings. The Balaban J connectivity index is 2.36. The van der Waals surface area contributed by atoms with E-state index in [0.717, 1.165) is 6.07 Å². The summed E-state index contributed by atoms with van der Waals surface area (Å²) in [7, 11) is 0. The van der Waals surface area contributed by atoms with Crippen molar-refractivity contribution in [2.45, 2.75) is 6.92 Å². The van der Waals surface area contributed by atoms with E-state index in [1.165, 1.54) is 17.0 Å². The lowest BCUT2D eigenvalue weighted by atomic mass is 10.1. The van der Waals surface area contributed by atoms with Gasteiger partial charge in [0.2, 0.25) is 0 Å². The quantitative estimate of drug-likeness (QED) is 0.846. The standard InChI is InChI=1S/C15H15FN2O2/c1-2-18(11-5-3-10(17)4-6-11)15(20)13-8-7-12(19)9-14(13)16/h3-9,19H,2,17H2,1H3. The van der Waals surface area contributed by atoms with Crippen LogP contribution in [-0.4, -0.2) is 17.6 Å². The van der Waals surface area contributed by atoms with Crippen molar-refractivity contribution < 1.29 is 14.3 Å². The van der Waals surface area contributed by atoms with Gasteiger partial charge in [-0.25, -0.2) is 4.39 Å². The van der Waals surface area contributed by atoms with Gasteiger partial charge < -0.3 is 15.7 Å². The van der Waals surface area contributed by atoms with Crippen LogP contribution in [0, 0.1) is 5.82 Å². The molecule has 0 saturated carbocycles. The third-order valence-corrected chi connectivity index (χ3v) is 2.95. The fourth-order valence-electron chi connectivity index (χ4n) is 1.92. The van der Waals surface area contributed by atoms with E-state index in [4.69, 9.17) is 5.73 Å². The van der Waals surface area contributed by atoms with Crippen molar-refractivity contribution >= 4 is 17.3 Å². The molecule has 0 unspecified atom stereocenters. The molecule has 0 aromatic heterocycles. The third kappa shape index (κ3) is 2.71. The number of nitrogens with two attached hydrogens (primary N) is 1. The Morgan fingerprint density at radius 2 is 1.90 bits per heavy atom. The molecule has 2 aromatic carbocycles. The second-order valence-corrected chi connectivity index (χ2v) is 4.31. The first-order valence-corrected chi connectivity index (χ1v) is 6.19. The fourth-order valence-corrected chi connectivity index (χ4v) is 1.92. The van der Waals surface area contributed by atoms with Gasteiger partial charge in [-0.2, -0.15) is 0 Å². The summed E-state index contributed by atoms with van der Waals surface area (Å²) in [6.07, 6.45) is 0. The number of hydrogen-bond acceptors (Lipinski definition) is 3. The van der Waals surface area contributed by atoms with E-state index >= 15 is 0 Å². The molecule has 1 amide bonds. The first-order chi connectivity index (χ1) is 9.52. The number of aromatic hydroxyl groups is 1. The van der Waals surface area contributed by atoms with E-state index in [9.17, 15) is 14.3 Å². The molecule has 0 aliphatic heterocycles. The summed E-state index contributed by atoms with van der Waals surface area (Å²) in [4.78, 5) is 13.8. The number of benzene rings is 2. The summed E-state index contributed by atoms with van der Waals surface area (Å²) in [6.45, 7) is 2.19. The molecule has 4 nitrogen and oxygen atoms in total. The SMILES string of the molecule is CCN(C(=O)c1ccc(O)cc1F)c1ccc(N)cc1. The molecule has 0 radical (unpaired) electrons. The average Bonchev–Trinajstić information content (AvgIpc) is 2.41. The van der Waals surface area contributed by atoms with E-state index in [1.807, 2.05) is 0 Å². The normalized spacial score (nSPS) is 10.3. The molecule has 0 atom stereocenters. The van der Waals surface area contributed by atoms with Gasteiger partial charge in [0.05, 0.1) is 5.56 Å². The van der Waals surface area contributed by atoms with Crippen molar-refractivity contribution in [3.63, 3.8) is 0 Å². The van der Waals surface area contributed by atoms with Gasteiger partial charge in [0.25, 0.3) is 5.91 Å². The second kappa shape index (κ2) is 5.61. The Kier molecular flexibility index (Phi) is 3.89. The van der Waals surface area contributed by atoms with Gasteiger partial charge in [-0.05, 0) is 43.3 Å². The van der Waals surface area contributed by atoms with Crippen molar-refractivity contribution in [2.75, 3.05) is 17.2 Å². The van der Waals surface area contributed by atoms with Crippen LogP contribution in [0.2, 0.25) is 0 Å². The number of phenolic OH excluding ortho intramolecular Hbond substituents is 1. The zero-order chi connectivity index (χ0) is 14.7. The highest BCUT2D eigenvalue weighted by Crippen LogP contribution is 2.21. The number of carbonyl (C=O) groups is 1. The molecule has 2 rings (SSSR count). The first kappa shape index (κ1) is 13.9. The topological polar surface area (TPSA) is 66.6 Å². The van der Waals surface area contributed by atoms with E-state index in [-0.39, 0.29) is 11.3 Å². The molecule has 20 heavy (non-hydrogen) atoms. The summed E-state index contributed by atoms with van der Waals surface area (Å²) in [5, 5.41) is 9.18. The van der Waals surface area contributed by atoms with Gasteiger partial charge in [-0.15, -0.1) is 0 Å². The third-order valence-electron chi connectivity index (χ3n) is 2.95. The maximum atomic E-state index is 13.7. The summed E-state index contributed by atoms with van der Waals surface area (Å²) in [5.41, 5.74) is 6.75. The number of nitrogens with zero attached hydrogens (tertiary/aromatic N) is 1. The highest BCUT2D eigenvalue weighted by molar-refractivity contribution is 6.06. The molecular formula is C15H15FN2O2. The van der Waals surface area contributed by atoms with Crippen LogP contribution in [-0.2, 0) is 0 Å². The maximum absolute atomic E-state index is 13.7. The summed E-state index contributed by atoms with van der Waals surface area (Å²) >= 11 is 0. The fraction of sp³-hybridized carbons (Fsp3) is 0.133. The van der Waals surface area contributed by atoms with Gasteiger partial charge in [0.1, 0.15) is 11.6 Å². The van der Waals surface area contributed by atoms with Gasteiger partial charge in [-0.3, -0.25) is 4.79 Å². The Morgan fingerprint density at radius 1 is 1.25 bits per heavy atom. The number of halogens is 1. The molecule has 2 aromatic rings. The summed E-state index contributed by atoms with van der Waals surface area (Å²) in [6, 6.07) is 10.2. The molecule has 0 bridgehead atoms. The number of nitrogen functional groups attached to an aromatic ring is 1. The maximum Gasteiger partial charge on any atom is 0.261 e. The Hall–Kier alpha value is -2.56. The lowest BCUT2D eigenvalue weighted by molar-refractivity contribution is 0.0984. The van der Waals surface area contributed by atoms with E-state index in [2.05, 4.69) is 0 Å². The van der Waals surface area contributed by atoms with Crippen LogP contribution in [0.3, 0.4) is 0 Å². The molecule has 0 saturated heterocycles. The molecule has 5 heteroatoms. The summed E-state index contributed by atoms with van der Waals surface area (Å²) < 4.78 is 13.7. The minimum Gasteiger partial charge on any atom is -0.508 e. The average molecular weight is 274 g/mol. The molecule has 0 spiro atoms. The second-order valence-electron chi connectivity index (χ2n) is 4.31. The van der Waals surface area contributed by atoms with Crippen molar-refractivity contribution in [2.24, 2.45) is 0 Å². The van der Waals surface area contributed by atoms with Gasteiger partial charge >= 0.3 is 0 Å². The lowest BCUT2D eigenvalue weighted by Crippen LogP contribution is -2.31. The molecule has 3 N–H and O–H groups in total. The van der Waals surface area contributed by atoms with Crippen molar-refractivity contribution in [1.82, 2.24) is 0 Å². The van der Waals surface area contributed by atoms with Crippen LogP contribution in [0.4, 0.5) is 15.8 Å². The number of anilines is 2. The number of amides is 1. The predicted octanol–water partition coefficient (Wildman–Crippen LogP) is 2.78. The van der Waals surface area contributed by atoms with Crippen LogP contribution in [0.15, 0.2) is 42.5 Å². The number of rotatable bonds is 3. The predicted molar refractivity (Wildman–Crippen MR) is 76.3 cm³/mol. The van der Waals surface area contributed by atoms with Gasteiger partial charge in [0.15, 0.2) is 0 Å². The van der Waals surface area contributed by atoms with Crippen molar-refractivity contribution in [3.05, 3.63) is 53.8 Å². The van der Waals surface area contributed by atoms with Crippen molar-refractivity contribution in [1.29, 1.82) is 0 Å². The van der Waals surface area contributed by atoms with Crippen molar-refractivity contribution in [3.8, 4) is 5.75 Å². The van der Waals surface area contributed by atoms with Gasteiger partial charge in [0, 0.05) is 24.0 Å². The zero-order valence-corrected chi connectivity index (χ0v) is 11.0. The molecular weight excluding hydrogens is 259 g/mol. The smallest absolute Gasteiger partial charge is 0.261 e. The monoisotopic (exact) mass is 274 g/mol. The molecule has 104 valence electrons. The van der Waals surface area contributed by atoms with E-state index in [0.29, 0.717) is 17.9 Å². The molecule has 0 aliphatic carbocycles. The van der Waals surface area contributed by atoms with Crippen LogP contribution < -0.4 is 10.6 Å². The minimum absolute atomic E-state index is 0.0820. The van der Waals surface area contributed by atoms with Crippen LogP contribution in [0.25, 0.3) is 0 Å². The first-order valence-electron chi connectivity index (χ1n) is 6.19. The van der Waals surface area contributed by atoms with Crippen LogP contribution >= 0.6 is 0 Å². The Morgan fingerprint density at radius 3 is 2.45 bits per heavy atom. The largest absolute Gasteiger partial charge is 0.508 e. The zero-order valence-electron chi connectivity index (χ0n) is 11.0. The Bertz CT molecular complexity index is 626. The number of carbonyl (C=O) groups excluding carboxylic acids is 1. The Labute approximate surface area is 116 Å².